The second-order valence-electron chi connectivity index (χ2n) is 12.9. The minimum Gasteiger partial charge on any atom is -0.309 e. The van der Waals surface area contributed by atoms with E-state index in [1.54, 1.807) is 0 Å². The van der Waals surface area contributed by atoms with Crippen LogP contribution in [0.25, 0.3) is 66.1 Å². The fourth-order valence-electron chi connectivity index (χ4n) is 7.43. The molecule has 0 aromatic heterocycles. The van der Waals surface area contributed by atoms with Crippen LogP contribution in [0, 0.1) is 0 Å². The van der Waals surface area contributed by atoms with Crippen LogP contribution in [0.1, 0.15) is 0 Å². The number of nitrogens with zero attached hydrogens (tertiary/aromatic N) is 1. The molecule has 0 amide bonds. The minimum atomic E-state index is 1.10. The van der Waals surface area contributed by atoms with Gasteiger partial charge in [-0.2, -0.15) is 0 Å². The Balaban J connectivity index is 1.36. The first-order valence-electron chi connectivity index (χ1n) is 17.5. The molecule has 9 aromatic carbocycles. The summed E-state index contributed by atoms with van der Waals surface area (Å²) in [4.78, 5) is 2.47. The van der Waals surface area contributed by atoms with E-state index in [0.29, 0.717) is 0 Å². The number of benzene rings is 9. The van der Waals surface area contributed by atoms with Gasteiger partial charge < -0.3 is 4.90 Å². The van der Waals surface area contributed by atoms with Gasteiger partial charge in [0, 0.05) is 16.8 Å². The van der Waals surface area contributed by atoms with Crippen molar-refractivity contribution >= 4 is 38.6 Å². The molecular weight excluding hydrogens is 615 g/mol. The van der Waals surface area contributed by atoms with E-state index in [1.165, 1.54) is 66.1 Å². The van der Waals surface area contributed by atoms with Crippen LogP contribution in [-0.4, -0.2) is 0 Å². The van der Waals surface area contributed by atoms with Crippen molar-refractivity contribution in [3.63, 3.8) is 0 Å². The maximum atomic E-state index is 2.47. The van der Waals surface area contributed by atoms with Crippen LogP contribution >= 0.6 is 0 Å². The van der Waals surface area contributed by atoms with Gasteiger partial charge in [0.05, 0.1) is 11.4 Å². The summed E-state index contributed by atoms with van der Waals surface area (Å²) in [6.07, 6.45) is 0. The topological polar surface area (TPSA) is 3.24 Å². The Labute approximate surface area is 299 Å². The molecule has 0 bridgehead atoms. The predicted octanol–water partition coefficient (Wildman–Crippen LogP) is 14.1. The fourth-order valence-corrected chi connectivity index (χ4v) is 7.43. The molecule has 0 radical (unpaired) electrons. The zero-order chi connectivity index (χ0) is 34.0. The predicted molar refractivity (Wildman–Crippen MR) is 218 cm³/mol. The Morgan fingerprint density at radius 2 is 0.804 bits per heavy atom. The molecule has 0 heterocycles. The first-order chi connectivity index (χ1) is 25.3. The molecule has 0 saturated carbocycles. The number of fused-ring (bicyclic) bond motifs is 2. The molecule has 9 rings (SSSR count). The van der Waals surface area contributed by atoms with Crippen LogP contribution in [0.3, 0.4) is 0 Å². The molecule has 9 aromatic rings. The Kier molecular flexibility index (Phi) is 7.92. The average Bonchev–Trinajstić information content (AvgIpc) is 3.21. The van der Waals surface area contributed by atoms with Crippen molar-refractivity contribution in [2.45, 2.75) is 0 Å². The monoisotopic (exact) mass is 649 g/mol. The quantitative estimate of drug-likeness (QED) is 0.166. The average molecular weight is 650 g/mol. The van der Waals surface area contributed by atoms with Gasteiger partial charge in [0.1, 0.15) is 0 Å². The minimum absolute atomic E-state index is 1.10. The van der Waals surface area contributed by atoms with Crippen molar-refractivity contribution in [3.8, 4) is 44.5 Å². The number of hydrogen-bond donors (Lipinski definition) is 0. The summed E-state index contributed by atoms with van der Waals surface area (Å²) in [5.41, 5.74) is 12.8. The number of rotatable bonds is 7. The smallest absolute Gasteiger partial charge is 0.0546 e. The number of para-hydroxylation sites is 1. The molecule has 1 nitrogen and oxygen atoms in total. The lowest BCUT2D eigenvalue weighted by atomic mass is 9.90. The van der Waals surface area contributed by atoms with Gasteiger partial charge in [0.25, 0.3) is 0 Å². The normalized spacial score (nSPS) is 11.1. The largest absolute Gasteiger partial charge is 0.309 e. The van der Waals surface area contributed by atoms with E-state index < -0.39 is 0 Å². The molecule has 0 aliphatic rings. The van der Waals surface area contributed by atoms with E-state index in [0.717, 1.165) is 17.1 Å². The molecule has 0 spiro atoms. The molecule has 0 aliphatic heterocycles. The maximum Gasteiger partial charge on any atom is 0.0546 e. The van der Waals surface area contributed by atoms with Gasteiger partial charge in [-0.15, -0.1) is 0 Å². The molecule has 0 saturated heterocycles. The first kappa shape index (κ1) is 30.4. The summed E-state index contributed by atoms with van der Waals surface area (Å²) in [6, 6.07) is 76.8. The molecule has 0 atom stereocenters. The Bertz CT molecular complexity index is 2620. The van der Waals surface area contributed by atoms with Gasteiger partial charge in [-0.3, -0.25) is 0 Å². The van der Waals surface area contributed by atoms with Crippen LogP contribution in [-0.2, 0) is 0 Å². The molecule has 51 heavy (non-hydrogen) atoms. The van der Waals surface area contributed by atoms with Crippen LogP contribution < -0.4 is 4.90 Å². The van der Waals surface area contributed by atoms with Crippen LogP contribution in [0.15, 0.2) is 212 Å². The number of hydrogen-bond acceptors (Lipinski definition) is 1. The molecule has 0 N–H and O–H groups in total. The van der Waals surface area contributed by atoms with Gasteiger partial charge in [0.2, 0.25) is 0 Å². The molecule has 0 unspecified atom stereocenters. The SMILES string of the molecule is c1ccc(-c2ccc(-c3ccccc3)c(N(c3ccc4ccccc4c3)c3ccccc3-c3cccc4cccc(-c5ccccc5)c34)c2)cc1. The van der Waals surface area contributed by atoms with Gasteiger partial charge in [-0.1, -0.05) is 188 Å². The zero-order valence-corrected chi connectivity index (χ0v) is 28.2. The standard InChI is InChI=1S/C50H35N/c1-4-16-36(17-5-1)42-31-33-44(38-19-6-2-7-20-38)49(35-42)51(43-32-30-37-18-10-11-23-41(37)34-43)48-29-13-12-26-46(48)47-28-15-25-40-24-14-27-45(50(40)47)39-21-8-3-9-22-39/h1-35H. The lowest BCUT2D eigenvalue weighted by Crippen LogP contribution is -2.13. The van der Waals surface area contributed by atoms with Crippen molar-refractivity contribution in [3.05, 3.63) is 212 Å². The highest BCUT2D eigenvalue weighted by molar-refractivity contribution is 6.09. The highest BCUT2D eigenvalue weighted by Gasteiger charge is 2.23. The van der Waals surface area contributed by atoms with E-state index >= 15 is 0 Å². The summed E-state index contributed by atoms with van der Waals surface area (Å²) in [5, 5.41) is 4.89. The lowest BCUT2D eigenvalue weighted by Gasteiger charge is -2.31. The van der Waals surface area contributed by atoms with Crippen LogP contribution in [0.5, 0.6) is 0 Å². The highest BCUT2D eigenvalue weighted by atomic mass is 15.1. The first-order valence-corrected chi connectivity index (χ1v) is 17.5. The molecule has 240 valence electrons. The summed E-state index contributed by atoms with van der Waals surface area (Å²) in [6.45, 7) is 0. The molecular formula is C50H35N. The van der Waals surface area contributed by atoms with Crippen LogP contribution in [0.2, 0.25) is 0 Å². The summed E-state index contributed by atoms with van der Waals surface area (Å²) in [7, 11) is 0. The van der Waals surface area contributed by atoms with Crippen LogP contribution in [0.4, 0.5) is 17.1 Å². The lowest BCUT2D eigenvalue weighted by molar-refractivity contribution is 1.29. The van der Waals surface area contributed by atoms with Gasteiger partial charge in [-0.25, -0.2) is 0 Å². The third-order valence-corrected chi connectivity index (χ3v) is 9.85. The van der Waals surface area contributed by atoms with Crippen molar-refractivity contribution < 1.29 is 0 Å². The van der Waals surface area contributed by atoms with Gasteiger partial charge in [-0.05, 0) is 79.2 Å². The second kappa shape index (κ2) is 13.3. The summed E-state index contributed by atoms with van der Waals surface area (Å²) in [5.74, 6) is 0. The fraction of sp³-hybridized carbons (Fsp3) is 0. The Morgan fingerprint density at radius 3 is 1.53 bits per heavy atom. The Hall–Kier alpha value is -6.70. The number of anilines is 3. The third-order valence-electron chi connectivity index (χ3n) is 9.85. The van der Waals surface area contributed by atoms with Crippen molar-refractivity contribution in [1.29, 1.82) is 0 Å². The maximum absolute atomic E-state index is 2.47. The van der Waals surface area contributed by atoms with E-state index in [2.05, 4.69) is 217 Å². The Morgan fingerprint density at radius 1 is 0.255 bits per heavy atom. The molecule has 0 aliphatic carbocycles. The third kappa shape index (κ3) is 5.75. The molecule has 1 heteroatoms. The molecule has 0 fully saturated rings. The van der Waals surface area contributed by atoms with E-state index in [9.17, 15) is 0 Å². The van der Waals surface area contributed by atoms with Crippen molar-refractivity contribution in [2.24, 2.45) is 0 Å². The van der Waals surface area contributed by atoms with Gasteiger partial charge in [0.15, 0.2) is 0 Å². The van der Waals surface area contributed by atoms with E-state index in [4.69, 9.17) is 0 Å². The van der Waals surface area contributed by atoms with Crippen molar-refractivity contribution in [2.75, 3.05) is 4.90 Å². The summed E-state index contributed by atoms with van der Waals surface area (Å²) < 4.78 is 0. The second-order valence-corrected chi connectivity index (χ2v) is 12.9. The van der Waals surface area contributed by atoms with Gasteiger partial charge >= 0.3 is 0 Å². The van der Waals surface area contributed by atoms with E-state index in [1.807, 2.05) is 0 Å². The van der Waals surface area contributed by atoms with Crippen molar-refractivity contribution in [1.82, 2.24) is 0 Å². The zero-order valence-electron chi connectivity index (χ0n) is 28.2. The van der Waals surface area contributed by atoms with E-state index in [-0.39, 0.29) is 0 Å². The highest BCUT2D eigenvalue weighted by Crippen LogP contribution is 2.48. The summed E-state index contributed by atoms with van der Waals surface area (Å²) >= 11 is 0.